The van der Waals surface area contributed by atoms with Gasteiger partial charge in [0.05, 0.1) is 5.02 Å². The van der Waals surface area contributed by atoms with Crippen LogP contribution in [0.1, 0.15) is 19.8 Å². The molecule has 4 heteroatoms. The number of nitrogens with zero attached hydrogens (tertiary/aromatic N) is 1. The number of aromatic nitrogens is 1. The maximum Gasteiger partial charge on any atom is 0.115 e. The van der Waals surface area contributed by atoms with Gasteiger partial charge in [-0.2, -0.15) is 0 Å². The number of thioether (sulfide) groups is 1. The zero-order valence-corrected chi connectivity index (χ0v) is 10.5. The number of rotatable bonds is 4. The monoisotopic (exact) mass is 279 g/mol. The summed E-state index contributed by atoms with van der Waals surface area (Å²) in [4.78, 5) is 4.23. The molecule has 13 heavy (non-hydrogen) atoms. The van der Waals surface area contributed by atoms with Crippen LogP contribution in [0.15, 0.2) is 21.8 Å². The second kappa shape index (κ2) is 5.89. The van der Waals surface area contributed by atoms with Crippen molar-refractivity contribution in [1.29, 1.82) is 0 Å². The Morgan fingerprint density at radius 3 is 3.00 bits per heavy atom. The van der Waals surface area contributed by atoms with Gasteiger partial charge >= 0.3 is 0 Å². The molecule has 0 radical (unpaired) electrons. The maximum absolute atomic E-state index is 6.00. The first-order chi connectivity index (χ1) is 6.24. The zero-order valence-electron chi connectivity index (χ0n) is 7.39. The van der Waals surface area contributed by atoms with E-state index in [-0.39, 0.29) is 0 Å². The zero-order chi connectivity index (χ0) is 9.68. The average molecular weight is 281 g/mol. The van der Waals surface area contributed by atoms with E-state index in [2.05, 4.69) is 27.8 Å². The quantitative estimate of drug-likeness (QED) is 0.599. The molecule has 0 aliphatic rings. The summed E-state index contributed by atoms with van der Waals surface area (Å²) in [5.74, 6) is 1.09. The predicted molar refractivity (Wildman–Crippen MR) is 62.6 cm³/mol. The molecule has 0 N–H and O–H groups in total. The first-order valence-corrected chi connectivity index (χ1v) is 6.33. The van der Waals surface area contributed by atoms with Crippen molar-refractivity contribution in [2.75, 3.05) is 5.75 Å². The van der Waals surface area contributed by atoms with Gasteiger partial charge in [0.1, 0.15) is 5.03 Å². The molecule has 0 aliphatic carbocycles. The van der Waals surface area contributed by atoms with Gasteiger partial charge in [0.15, 0.2) is 0 Å². The molecule has 1 heterocycles. The predicted octanol–water partition coefficient (Wildman–Crippen LogP) is 4.39. The van der Waals surface area contributed by atoms with Crippen LogP contribution >= 0.6 is 39.3 Å². The van der Waals surface area contributed by atoms with E-state index in [1.54, 1.807) is 18.0 Å². The van der Waals surface area contributed by atoms with E-state index < -0.39 is 0 Å². The number of unbranched alkanes of at least 4 members (excludes halogenated alkanes) is 1. The Bertz CT molecular complexity index is 280. The first kappa shape index (κ1) is 11.3. The first-order valence-electron chi connectivity index (χ1n) is 4.18. The topological polar surface area (TPSA) is 12.9 Å². The third-order valence-corrected chi connectivity index (χ3v) is 3.44. The lowest BCUT2D eigenvalue weighted by atomic mass is 10.4. The lowest BCUT2D eigenvalue weighted by molar-refractivity contribution is 0.894. The van der Waals surface area contributed by atoms with Gasteiger partial charge in [-0.05, 0) is 34.2 Å². The van der Waals surface area contributed by atoms with Crippen molar-refractivity contribution in [1.82, 2.24) is 4.98 Å². The summed E-state index contributed by atoms with van der Waals surface area (Å²) in [5, 5.41) is 1.66. The molecule has 0 spiro atoms. The SMILES string of the molecule is CCCCSc1ncc(Br)cc1Cl. The van der Waals surface area contributed by atoms with Crippen molar-refractivity contribution in [3.05, 3.63) is 21.8 Å². The van der Waals surface area contributed by atoms with E-state index in [4.69, 9.17) is 11.6 Å². The Morgan fingerprint density at radius 2 is 2.38 bits per heavy atom. The molecule has 0 bridgehead atoms. The highest BCUT2D eigenvalue weighted by atomic mass is 79.9. The maximum atomic E-state index is 6.00. The summed E-state index contributed by atoms with van der Waals surface area (Å²) in [6, 6.07) is 1.88. The number of hydrogen-bond donors (Lipinski definition) is 0. The van der Waals surface area contributed by atoms with Crippen LogP contribution in [0.25, 0.3) is 0 Å². The summed E-state index contributed by atoms with van der Waals surface area (Å²) in [5.41, 5.74) is 0. The van der Waals surface area contributed by atoms with E-state index in [0.29, 0.717) is 0 Å². The van der Waals surface area contributed by atoms with Crippen LogP contribution in [0.5, 0.6) is 0 Å². The summed E-state index contributed by atoms with van der Waals surface area (Å²) in [6.45, 7) is 2.18. The van der Waals surface area contributed by atoms with Crippen molar-refractivity contribution in [2.45, 2.75) is 24.8 Å². The Morgan fingerprint density at radius 1 is 1.62 bits per heavy atom. The van der Waals surface area contributed by atoms with Gasteiger partial charge in [0, 0.05) is 10.7 Å². The Labute approximate surface area is 96.4 Å². The van der Waals surface area contributed by atoms with Crippen molar-refractivity contribution in [3.63, 3.8) is 0 Å². The van der Waals surface area contributed by atoms with Gasteiger partial charge in [-0.15, -0.1) is 11.8 Å². The molecule has 0 fully saturated rings. The van der Waals surface area contributed by atoms with Gasteiger partial charge in [0.2, 0.25) is 0 Å². The minimum atomic E-state index is 0.732. The fourth-order valence-electron chi connectivity index (χ4n) is 0.821. The normalized spacial score (nSPS) is 10.4. The van der Waals surface area contributed by atoms with Crippen LogP contribution in [0.2, 0.25) is 5.02 Å². The van der Waals surface area contributed by atoms with E-state index in [9.17, 15) is 0 Å². The van der Waals surface area contributed by atoms with Crippen LogP contribution in [0.3, 0.4) is 0 Å². The smallest absolute Gasteiger partial charge is 0.115 e. The molecular formula is C9H11BrClNS. The Balaban J connectivity index is 2.56. The lowest BCUT2D eigenvalue weighted by Gasteiger charge is -2.02. The second-order valence-corrected chi connectivity index (χ2v) is 5.05. The van der Waals surface area contributed by atoms with Gasteiger partial charge in [-0.25, -0.2) is 4.98 Å². The van der Waals surface area contributed by atoms with Crippen LogP contribution < -0.4 is 0 Å². The van der Waals surface area contributed by atoms with Gasteiger partial charge in [-0.1, -0.05) is 24.9 Å². The standard InChI is InChI=1S/C9H11BrClNS/c1-2-3-4-13-9-8(11)5-7(10)6-12-9/h5-6H,2-4H2,1H3. The molecule has 72 valence electrons. The molecule has 0 saturated heterocycles. The van der Waals surface area contributed by atoms with Crippen molar-refractivity contribution in [2.24, 2.45) is 0 Å². The number of pyridine rings is 1. The summed E-state index contributed by atoms with van der Waals surface area (Å²) in [7, 11) is 0. The van der Waals surface area contributed by atoms with E-state index >= 15 is 0 Å². The molecule has 1 aromatic heterocycles. The average Bonchev–Trinajstić information content (AvgIpc) is 2.09. The Hall–Kier alpha value is 0.270. The van der Waals surface area contributed by atoms with Crippen molar-refractivity contribution >= 4 is 39.3 Å². The van der Waals surface area contributed by atoms with Gasteiger partial charge < -0.3 is 0 Å². The van der Waals surface area contributed by atoms with Crippen LogP contribution in [0.4, 0.5) is 0 Å². The summed E-state index contributed by atoms with van der Waals surface area (Å²) in [6.07, 6.45) is 4.19. The third-order valence-electron chi connectivity index (χ3n) is 1.51. The second-order valence-electron chi connectivity index (χ2n) is 2.64. The molecule has 1 aromatic rings. The highest BCUT2D eigenvalue weighted by Gasteiger charge is 2.02. The van der Waals surface area contributed by atoms with Crippen LogP contribution in [-0.2, 0) is 0 Å². The summed E-state index contributed by atoms with van der Waals surface area (Å²) >= 11 is 11.0. The van der Waals surface area contributed by atoms with E-state index in [0.717, 1.165) is 20.3 Å². The molecule has 1 rings (SSSR count). The van der Waals surface area contributed by atoms with E-state index in [1.807, 2.05) is 6.07 Å². The van der Waals surface area contributed by atoms with Gasteiger partial charge in [-0.3, -0.25) is 0 Å². The largest absolute Gasteiger partial charge is 0.247 e. The minimum Gasteiger partial charge on any atom is -0.247 e. The molecule has 0 aromatic carbocycles. The molecule has 0 saturated carbocycles. The molecule has 0 unspecified atom stereocenters. The van der Waals surface area contributed by atoms with Crippen LogP contribution in [-0.4, -0.2) is 10.7 Å². The number of hydrogen-bond acceptors (Lipinski definition) is 2. The molecular weight excluding hydrogens is 270 g/mol. The van der Waals surface area contributed by atoms with Crippen molar-refractivity contribution < 1.29 is 0 Å². The lowest BCUT2D eigenvalue weighted by Crippen LogP contribution is -1.84. The fraction of sp³-hybridized carbons (Fsp3) is 0.444. The van der Waals surface area contributed by atoms with E-state index in [1.165, 1.54) is 12.8 Å². The summed E-state index contributed by atoms with van der Waals surface area (Å²) < 4.78 is 0.928. The minimum absolute atomic E-state index is 0.732. The third kappa shape index (κ3) is 3.88. The number of halogens is 2. The highest BCUT2D eigenvalue weighted by Crippen LogP contribution is 2.27. The fourth-order valence-corrected chi connectivity index (χ4v) is 2.56. The highest BCUT2D eigenvalue weighted by molar-refractivity contribution is 9.10. The van der Waals surface area contributed by atoms with Crippen LogP contribution in [0, 0.1) is 0 Å². The van der Waals surface area contributed by atoms with Gasteiger partial charge in [0.25, 0.3) is 0 Å². The molecule has 0 atom stereocenters. The van der Waals surface area contributed by atoms with Crippen molar-refractivity contribution in [3.8, 4) is 0 Å². The molecule has 1 nitrogen and oxygen atoms in total. The molecule has 0 amide bonds. The molecule has 0 aliphatic heterocycles. The Kier molecular flexibility index (Phi) is 5.14.